The summed E-state index contributed by atoms with van der Waals surface area (Å²) in [5.41, 5.74) is 1.49. The van der Waals surface area contributed by atoms with E-state index in [0.717, 1.165) is 29.2 Å². The molecule has 3 nitrogen and oxygen atoms in total. The smallest absolute Gasteiger partial charge is 0.155 e. The summed E-state index contributed by atoms with van der Waals surface area (Å²) in [5, 5.41) is 3.42. The number of carbonyl (C=O) groups is 1. The molecule has 0 aromatic rings. The van der Waals surface area contributed by atoms with Crippen LogP contribution in [0.4, 0.5) is 0 Å². The minimum Gasteiger partial charge on any atom is -0.376 e. The molecule has 1 saturated heterocycles. The number of thiocarbonyl (C=S) groups is 1. The van der Waals surface area contributed by atoms with Gasteiger partial charge in [0.25, 0.3) is 0 Å². The molecule has 1 unspecified atom stereocenters. The highest BCUT2D eigenvalue weighted by atomic mass is 32.1. The average molecular weight is 292 g/mol. The lowest BCUT2D eigenvalue weighted by atomic mass is 9.72. The van der Waals surface area contributed by atoms with Gasteiger partial charge in [0.2, 0.25) is 0 Å². The van der Waals surface area contributed by atoms with E-state index in [9.17, 15) is 4.79 Å². The van der Waals surface area contributed by atoms with Gasteiger partial charge in [-0.2, -0.15) is 0 Å². The Morgan fingerprint density at radius 2 is 1.85 bits per heavy atom. The van der Waals surface area contributed by atoms with E-state index >= 15 is 0 Å². The highest BCUT2D eigenvalue weighted by Gasteiger charge is 2.50. The minimum atomic E-state index is -0.511. The first-order valence-corrected chi connectivity index (χ1v) is 7.51. The van der Waals surface area contributed by atoms with Crippen LogP contribution in [0.15, 0.2) is 16.8 Å². The van der Waals surface area contributed by atoms with Gasteiger partial charge in [0.1, 0.15) is 4.99 Å². The molecule has 0 aromatic heterocycles. The van der Waals surface area contributed by atoms with E-state index in [4.69, 9.17) is 12.2 Å². The molecule has 0 aliphatic carbocycles. The second-order valence-electron chi connectivity index (χ2n) is 7.49. The summed E-state index contributed by atoms with van der Waals surface area (Å²) in [6.07, 6.45) is 3.77. The van der Waals surface area contributed by atoms with Crippen LogP contribution in [0.3, 0.4) is 0 Å². The second-order valence-corrected chi connectivity index (χ2v) is 7.96. The summed E-state index contributed by atoms with van der Waals surface area (Å²) in [6.45, 7) is 12.2. The average Bonchev–Trinajstić information content (AvgIpc) is 2.62. The van der Waals surface area contributed by atoms with Crippen molar-refractivity contribution >= 4 is 28.7 Å². The number of rotatable bonds is 2. The second kappa shape index (κ2) is 4.48. The third-order valence-electron chi connectivity index (χ3n) is 4.94. The predicted octanol–water partition coefficient (Wildman–Crippen LogP) is 3.44. The molecule has 0 bridgehead atoms. The van der Waals surface area contributed by atoms with Crippen LogP contribution in [-0.2, 0) is 4.79 Å². The number of hydrogen-bond acceptors (Lipinski definition) is 3. The maximum Gasteiger partial charge on any atom is 0.155 e. The van der Waals surface area contributed by atoms with E-state index in [1.807, 2.05) is 6.92 Å². The van der Waals surface area contributed by atoms with Crippen LogP contribution in [0.2, 0.25) is 0 Å². The van der Waals surface area contributed by atoms with Gasteiger partial charge in [-0.05, 0) is 31.8 Å². The normalized spacial score (nSPS) is 33.2. The summed E-state index contributed by atoms with van der Waals surface area (Å²) >= 11 is 5.23. The van der Waals surface area contributed by atoms with E-state index in [2.05, 4.69) is 44.1 Å². The fourth-order valence-corrected chi connectivity index (χ4v) is 3.48. The topological polar surface area (TPSA) is 41.5 Å². The van der Waals surface area contributed by atoms with Crippen molar-refractivity contribution in [3.63, 3.8) is 0 Å². The Labute approximate surface area is 126 Å². The van der Waals surface area contributed by atoms with Crippen molar-refractivity contribution in [2.45, 2.75) is 59.9 Å². The summed E-state index contributed by atoms with van der Waals surface area (Å²) in [5.74, 6) is 0.175. The molecule has 2 rings (SSSR count). The summed E-state index contributed by atoms with van der Waals surface area (Å²) < 4.78 is 0. The van der Waals surface area contributed by atoms with Crippen LogP contribution in [0.1, 0.15) is 54.4 Å². The van der Waals surface area contributed by atoms with Gasteiger partial charge in [0, 0.05) is 23.2 Å². The summed E-state index contributed by atoms with van der Waals surface area (Å²) in [6, 6.07) is 0. The predicted molar refractivity (Wildman–Crippen MR) is 87.1 cm³/mol. The molecular formula is C16H24N2OS. The molecule has 1 fully saturated rings. The van der Waals surface area contributed by atoms with E-state index < -0.39 is 5.54 Å². The van der Waals surface area contributed by atoms with Crippen LogP contribution in [0.5, 0.6) is 0 Å². The van der Waals surface area contributed by atoms with E-state index in [-0.39, 0.29) is 16.6 Å². The molecule has 2 heterocycles. The van der Waals surface area contributed by atoms with Gasteiger partial charge >= 0.3 is 0 Å². The molecule has 20 heavy (non-hydrogen) atoms. The molecule has 2 aliphatic rings. The molecule has 110 valence electrons. The Hall–Kier alpha value is -1.03. The van der Waals surface area contributed by atoms with Gasteiger partial charge in [-0.25, -0.2) is 4.99 Å². The van der Waals surface area contributed by atoms with Crippen molar-refractivity contribution in [1.82, 2.24) is 5.32 Å². The van der Waals surface area contributed by atoms with E-state index in [0.29, 0.717) is 0 Å². The van der Waals surface area contributed by atoms with Crippen molar-refractivity contribution in [3.8, 4) is 0 Å². The number of allylic oxidation sites excluding steroid dienone is 2. The first-order valence-electron chi connectivity index (χ1n) is 7.10. The Balaban J connectivity index is 2.34. The van der Waals surface area contributed by atoms with Crippen molar-refractivity contribution < 1.29 is 4.79 Å². The molecule has 0 spiro atoms. The van der Waals surface area contributed by atoms with Gasteiger partial charge in [0.15, 0.2) is 5.78 Å². The van der Waals surface area contributed by atoms with Crippen LogP contribution in [-0.4, -0.2) is 22.0 Å². The van der Waals surface area contributed by atoms with Crippen LogP contribution in [0.25, 0.3) is 0 Å². The molecular weight excluding hydrogens is 268 g/mol. The van der Waals surface area contributed by atoms with Crippen molar-refractivity contribution in [3.05, 3.63) is 11.8 Å². The highest BCUT2D eigenvalue weighted by Crippen LogP contribution is 2.44. The molecule has 0 radical (unpaired) electrons. The number of nitrogens with zero attached hydrogens (tertiary/aromatic N) is 1. The molecule has 2 aliphatic heterocycles. The molecule has 1 atom stereocenters. The van der Waals surface area contributed by atoms with E-state index in [1.54, 1.807) is 6.92 Å². The van der Waals surface area contributed by atoms with Gasteiger partial charge in [-0.1, -0.05) is 39.9 Å². The third-order valence-corrected chi connectivity index (χ3v) is 5.18. The lowest BCUT2D eigenvalue weighted by Crippen LogP contribution is -2.52. The van der Waals surface area contributed by atoms with Gasteiger partial charge in [0.05, 0.1) is 5.54 Å². The van der Waals surface area contributed by atoms with Gasteiger partial charge < -0.3 is 5.32 Å². The van der Waals surface area contributed by atoms with Crippen molar-refractivity contribution in [1.29, 1.82) is 0 Å². The summed E-state index contributed by atoms with van der Waals surface area (Å²) in [4.78, 5) is 17.3. The third kappa shape index (κ3) is 2.34. The Morgan fingerprint density at radius 1 is 1.25 bits per heavy atom. The Kier molecular flexibility index (Phi) is 3.44. The van der Waals surface area contributed by atoms with Crippen molar-refractivity contribution in [2.24, 2.45) is 15.8 Å². The minimum absolute atomic E-state index is 0.00881. The first-order chi connectivity index (χ1) is 8.98. The zero-order valence-corrected chi connectivity index (χ0v) is 14.1. The lowest BCUT2D eigenvalue weighted by molar-refractivity contribution is -0.125. The number of aliphatic imine (C=N–C) groups is 1. The molecule has 1 N–H and O–H groups in total. The zero-order valence-electron chi connectivity index (χ0n) is 13.3. The fraction of sp³-hybridized carbons (Fsp3) is 0.688. The number of nitrogens with one attached hydrogen (secondary N) is 1. The largest absolute Gasteiger partial charge is 0.376 e. The van der Waals surface area contributed by atoms with Crippen LogP contribution < -0.4 is 5.32 Å². The first kappa shape index (κ1) is 15.4. The standard InChI is InChI=1S/C16H24N2OS/c1-10(19)16(6)15(4,5)8-11(18-16)7-12-14(2,3)9-13(20)17-12/h7,18H,8-9H2,1-6H3/b11-7-. The van der Waals surface area contributed by atoms with Gasteiger partial charge in [-0.3, -0.25) is 4.79 Å². The maximum atomic E-state index is 12.0. The number of hydrogen-bond donors (Lipinski definition) is 1. The molecule has 0 amide bonds. The highest BCUT2D eigenvalue weighted by molar-refractivity contribution is 7.80. The lowest BCUT2D eigenvalue weighted by Gasteiger charge is -2.35. The van der Waals surface area contributed by atoms with Crippen LogP contribution >= 0.6 is 12.2 Å². The fourth-order valence-electron chi connectivity index (χ4n) is 3.03. The number of carbonyl (C=O) groups excluding carboxylic acids is 1. The SMILES string of the molecule is CC(=O)C1(C)N/C(=C\C2=NC(=S)CC2(C)C)CC1(C)C. The monoisotopic (exact) mass is 292 g/mol. The zero-order chi connectivity index (χ0) is 15.3. The molecule has 0 aromatic carbocycles. The number of Topliss-reactive ketones (excluding diaryl/α,β-unsaturated/α-hetero) is 1. The van der Waals surface area contributed by atoms with Crippen molar-refractivity contribution in [2.75, 3.05) is 0 Å². The quantitative estimate of drug-likeness (QED) is 0.793. The summed E-state index contributed by atoms with van der Waals surface area (Å²) in [7, 11) is 0. The molecule has 4 heteroatoms. The Bertz CT molecular complexity index is 543. The number of ketones is 1. The maximum absolute atomic E-state index is 12.0. The van der Waals surface area contributed by atoms with E-state index in [1.165, 1.54) is 0 Å². The van der Waals surface area contributed by atoms with Crippen LogP contribution in [0, 0.1) is 10.8 Å². The molecule has 0 saturated carbocycles. The van der Waals surface area contributed by atoms with Gasteiger partial charge in [-0.15, -0.1) is 0 Å². The Morgan fingerprint density at radius 3 is 2.25 bits per heavy atom.